The summed E-state index contributed by atoms with van der Waals surface area (Å²) in [6, 6.07) is 8.38. The number of halogens is 1. The molecule has 17 heavy (non-hydrogen) atoms. The van der Waals surface area contributed by atoms with Crippen LogP contribution in [0.15, 0.2) is 28.7 Å². The summed E-state index contributed by atoms with van der Waals surface area (Å²) in [7, 11) is 0. The SMILES string of the molecule is NCc1nn2c(c1-c1ccc(Br)cc1)CCC2. The van der Waals surface area contributed by atoms with Gasteiger partial charge < -0.3 is 5.73 Å². The van der Waals surface area contributed by atoms with Crippen molar-refractivity contribution in [1.82, 2.24) is 9.78 Å². The van der Waals surface area contributed by atoms with E-state index < -0.39 is 0 Å². The second-order valence-corrected chi connectivity index (χ2v) is 5.22. The summed E-state index contributed by atoms with van der Waals surface area (Å²) < 4.78 is 3.21. The monoisotopic (exact) mass is 291 g/mol. The first kappa shape index (κ1) is 11.0. The normalized spacial score (nSPS) is 14.0. The predicted octanol–water partition coefficient (Wildman–Crippen LogP) is 2.72. The molecular weight excluding hydrogens is 278 g/mol. The van der Waals surface area contributed by atoms with Gasteiger partial charge in [0.05, 0.1) is 5.69 Å². The first-order chi connectivity index (χ1) is 8.29. The van der Waals surface area contributed by atoms with Crippen molar-refractivity contribution in [1.29, 1.82) is 0 Å². The molecule has 0 amide bonds. The van der Waals surface area contributed by atoms with E-state index in [2.05, 4.69) is 50.0 Å². The molecule has 1 aromatic carbocycles. The molecule has 3 rings (SSSR count). The van der Waals surface area contributed by atoms with Gasteiger partial charge in [-0.25, -0.2) is 0 Å². The van der Waals surface area contributed by atoms with Gasteiger partial charge in [0.2, 0.25) is 0 Å². The number of aromatic nitrogens is 2. The van der Waals surface area contributed by atoms with Gasteiger partial charge in [-0.3, -0.25) is 4.68 Å². The smallest absolute Gasteiger partial charge is 0.0841 e. The highest BCUT2D eigenvalue weighted by Gasteiger charge is 2.21. The molecule has 0 unspecified atom stereocenters. The molecule has 2 N–H and O–H groups in total. The number of fused-ring (bicyclic) bond motifs is 1. The molecule has 3 nitrogen and oxygen atoms in total. The molecular formula is C13H14BrN3. The average Bonchev–Trinajstić information content (AvgIpc) is 2.89. The molecule has 1 aliphatic heterocycles. The van der Waals surface area contributed by atoms with Gasteiger partial charge >= 0.3 is 0 Å². The van der Waals surface area contributed by atoms with Gasteiger partial charge in [0.15, 0.2) is 0 Å². The largest absolute Gasteiger partial charge is 0.325 e. The Morgan fingerprint density at radius 3 is 2.76 bits per heavy atom. The van der Waals surface area contributed by atoms with Gasteiger partial charge in [-0.1, -0.05) is 28.1 Å². The van der Waals surface area contributed by atoms with Gasteiger partial charge in [-0.2, -0.15) is 5.10 Å². The zero-order chi connectivity index (χ0) is 11.8. The zero-order valence-electron chi connectivity index (χ0n) is 9.49. The van der Waals surface area contributed by atoms with Gasteiger partial charge in [0.25, 0.3) is 0 Å². The summed E-state index contributed by atoms with van der Waals surface area (Å²) in [6.45, 7) is 1.53. The third-order valence-corrected chi connectivity index (χ3v) is 3.77. The molecule has 0 radical (unpaired) electrons. The Kier molecular flexibility index (Phi) is 2.76. The summed E-state index contributed by atoms with van der Waals surface area (Å²) in [5, 5.41) is 4.59. The van der Waals surface area contributed by atoms with Crippen LogP contribution in [0.1, 0.15) is 17.8 Å². The van der Waals surface area contributed by atoms with Crippen LogP contribution in [0.2, 0.25) is 0 Å². The maximum absolute atomic E-state index is 5.79. The highest BCUT2D eigenvalue weighted by Crippen LogP contribution is 2.32. The van der Waals surface area contributed by atoms with Crippen LogP contribution in [0.3, 0.4) is 0 Å². The number of benzene rings is 1. The van der Waals surface area contributed by atoms with Crippen molar-refractivity contribution in [3.63, 3.8) is 0 Å². The van der Waals surface area contributed by atoms with Gasteiger partial charge in [0, 0.05) is 28.8 Å². The molecule has 0 saturated heterocycles. The Bertz CT molecular complexity index is 543. The lowest BCUT2D eigenvalue weighted by Crippen LogP contribution is -2.01. The lowest BCUT2D eigenvalue weighted by Gasteiger charge is -2.04. The number of nitrogens with two attached hydrogens (primary N) is 1. The van der Waals surface area contributed by atoms with Crippen molar-refractivity contribution in [3.05, 3.63) is 40.1 Å². The minimum absolute atomic E-state index is 0.505. The maximum atomic E-state index is 5.79. The van der Waals surface area contributed by atoms with E-state index in [9.17, 15) is 0 Å². The lowest BCUT2D eigenvalue weighted by atomic mass is 10.0. The van der Waals surface area contributed by atoms with Crippen LogP contribution >= 0.6 is 15.9 Å². The first-order valence-electron chi connectivity index (χ1n) is 5.84. The lowest BCUT2D eigenvalue weighted by molar-refractivity contribution is 0.644. The van der Waals surface area contributed by atoms with Gasteiger partial charge in [-0.05, 0) is 30.5 Å². The fourth-order valence-electron chi connectivity index (χ4n) is 2.48. The van der Waals surface area contributed by atoms with E-state index in [4.69, 9.17) is 5.73 Å². The van der Waals surface area contributed by atoms with E-state index in [1.54, 1.807) is 0 Å². The summed E-state index contributed by atoms with van der Waals surface area (Å²) in [5.74, 6) is 0. The topological polar surface area (TPSA) is 43.8 Å². The number of hydrogen-bond acceptors (Lipinski definition) is 2. The van der Waals surface area contributed by atoms with Crippen LogP contribution in [-0.4, -0.2) is 9.78 Å². The molecule has 0 bridgehead atoms. The number of nitrogens with zero attached hydrogens (tertiary/aromatic N) is 2. The molecule has 1 aromatic heterocycles. The van der Waals surface area contributed by atoms with Crippen molar-refractivity contribution in [3.8, 4) is 11.1 Å². The fourth-order valence-corrected chi connectivity index (χ4v) is 2.74. The van der Waals surface area contributed by atoms with Crippen molar-refractivity contribution in [2.24, 2.45) is 5.73 Å². The Morgan fingerprint density at radius 1 is 1.29 bits per heavy atom. The summed E-state index contributed by atoms with van der Waals surface area (Å²) in [5.41, 5.74) is 10.6. The minimum Gasteiger partial charge on any atom is -0.325 e. The standard InChI is InChI=1S/C13H14BrN3/c14-10-5-3-9(4-6-10)13-11(8-15)16-17-7-1-2-12(13)17/h3-6H,1-2,7-8,15H2. The molecule has 1 aliphatic rings. The molecule has 0 saturated carbocycles. The molecule has 0 atom stereocenters. The molecule has 2 aromatic rings. The van der Waals surface area contributed by atoms with Crippen molar-refractivity contribution in [2.45, 2.75) is 25.9 Å². The second-order valence-electron chi connectivity index (χ2n) is 4.31. The molecule has 0 aliphatic carbocycles. The molecule has 0 spiro atoms. The van der Waals surface area contributed by atoms with E-state index in [1.165, 1.54) is 23.2 Å². The average molecular weight is 292 g/mol. The van der Waals surface area contributed by atoms with Crippen molar-refractivity contribution < 1.29 is 0 Å². The zero-order valence-corrected chi connectivity index (χ0v) is 11.1. The second kappa shape index (κ2) is 4.27. The van der Waals surface area contributed by atoms with Crippen LogP contribution in [0, 0.1) is 0 Å². The Morgan fingerprint density at radius 2 is 2.06 bits per heavy atom. The summed E-state index contributed by atoms with van der Waals surface area (Å²) in [6.07, 6.45) is 2.30. The fraction of sp³-hybridized carbons (Fsp3) is 0.308. The number of hydrogen-bond donors (Lipinski definition) is 1. The Labute approximate surface area is 109 Å². The Balaban J connectivity index is 2.15. The Hall–Kier alpha value is -1.13. The number of aryl methyl sites for hydroxylation is 1. The molecule has 88 valence electrons. The minimum atomic E-state index is 0.505. The van der Waals surface area contributed by atoms with E-state index in [1.807, 2.05) is 0 Å². The van der Waals surface area contributed by atoms with Gasteiger partial charge in [-0.15, -0.1) is 0 Å². The van der Waals surface area contributed by atoms with E-state index in [0.29, 0.717) is 6.54 Å². The van der Waals surface area contributed by atoms with Crippen molar-refractivity contribution in [2.75, 3.05) is 0 Å². The van der Waals surface area contributed by atoms with Crippen LogP contribution in [-0.2, 0) is 19.5 Å². The quantitative estimate of drug-likeness (QED) is 0.925. The highest BCUT2D eigenvalue weighted by atomic mass is 79.9. The first-order valence-corrected chi connectivity index (χ1v) is 6.63. The maximum Gasteiger partial charge on any atom is 0.0841 e. The van der Waals surface area contributed by atoms with Crippen molar-refractivity contribution >= 4 is 15.9 Å². The van der Waals surface area contributed by atoms with Crippen LogP contribution in [0.4, 0.5) is 0 Å². The predicted molar refractivity (Wildman–Crippen MR) is 71.6 cm³/mol. The van der Waals surface area contributed by atoms with Crippen LogP contribution < -0.4 is 5.73 Å². The van der Waals surface area contributed by atoms with Gasteiger partial charge in [0.1, 0.15) is 0 Å². The number of rotatable bonds is 2. The van der Waals surface area contributed by atoms with Crippen LogP contribution in [0.25, 0.3) is 11.1 Å². The van der Waals surface area contributed by atoms with E-state index in [0.717, 1.165) is 23.1 Å². The molecule has 0 fully saturated rings. The molecule has 2 heterocycles. The van der Waals surface area contributed by atoms with E-state index in [-0.39, 0.29) is 0 Å². The summed E-state index contributed by atoms with van der Waals surface area (Å²) in [4.78, 5) is 0. The third kappa shape index (κ3) is 1.81. The third-order valence-electron chi connectivity index (χ3n) is 3.24. The summed E-state index contributed by atoms with van der Waals surface area (Å²) >= 11 is 3.46. The molecule has 4 heteroatoms. The van der Waals surface area contributed by atoms with E-state index >= 15 is 0 Å². The van der Waals surface area contributed by atoms with Crippen LogP contribution in [0.5, 0.6) is 0 Å². The highest BCUT2D eigenvalue weighted by molar-refractivity contribution is 9.10.